The van der Waals surface area contributed by atoms with Crippen LogP contribution in [0.5, 0.6) is 0 Å². The average Bonchev–Trinajstić information content (AvgIpc) is 2.57. The van der Waals surface area contributed by atoms with Crippen molar-refractivity contribution in [3.8, 4) is 0 Å². The highest BCUT2D eigenvalue weighted by Crippen LogP contribution is 2.23. The normalized spacial score (nSPS) is 11.0. The molecule has 0 aliphatic carbocycles. The molecule has 0 amide bonds. The van der Waals surface area contributed by atoms with Crippen LogP contribution in [-0.4, -0.2) is 12.1 Å². The molecule has 0 atom stereocenters. The first-order valence-electron chi connectivity index (χ1n) is 4.32. The number of benzene rings is 1. The highest BCUT2D eigenvalue weighted by atomic mass is 79.9. The monoisotopic (exact) mass is 254 g/mol. The second-order valence-corrected chi connectivity index (χ2v) is 3.90. The Morgan fingerprint density at radius 3 is 3.14 bits per heavy atom. The van der Waals surface area contributed by atoms with Gasteiger partial charge in [-0.3, -0.25) is 0 Å². The Kier molecular flexibility index (Phi) is 2.86. The topological polar surface area (TPSA) is 37.0 Å². The van der Waals surface area contributed by atoms with Crippen molar-refractivity contribution in [3.63, 3.8) is 0 Å². The number of nitrogens with one attached hydrogen (secondary N) is 2. The van der Waals surface area contributed by atoms with E-state index in [1.54, 1.807) is 7.11 Å². The van der Waals surface area contributed by atoms with E-state index in [1.807, 2.05) is 6.20 Å². The third-order valence-corrected chi connectivity index (χ3v) is 2.77. The molecular weight excluding hydrogens is 244 g/mol. The predicted molar refractivity (Wildman–Crippen MR) is 59.8 cm³/mol. The summed E-state index contributed by atoms with van der Waals surface area (Å²) in [6.45, 7) is 0.711. The number of hydrogen-bond acceptors (Lipinski definition) is 2. The van der Waals surface area contributed by atoms with Crippen molar-refractivity contribution in [2.45, 2.75) is 6.54 Å². The zero-order valence-corrected chi connectivity index (χ0v) is 9.39. The molecule has 14 heavy (non-hydrogen) atoms. The van der Waals surface area contributed by atoms with Gasteiger partial charge in [-0.15, -0.1) is 0 Å². The smallest absolute Gasteiger partial charge is 0.0572 e. The molecule has 0 spiro atoms. The van der Waals surface area contributed by atoms with Crippen molar-refractivity contribution in [2.24, 2.45) is 0 Å². The van der Waals surface area contributed by atoms with Crippen LogP contribution in [0.25, 0.3) is 10.9 Å². The molecule has 0 bridgehead atoms. The minimum atomic E-state index is 0.711. The van der Waals surface area contributed by atoms with Crippen LogP contribution in [0.15, 0.2) is 28.9 Å². The van der Waals surface area contributed by atoms with Gasteiger partial charge in [-0.25, -0.2) is 0 Å². The van der Waals surface area contributed by atoms with Crippen molar-refractivity contribution in [2.75, 3.05) is 7.11 Å². The summed E-state index contributed by atoms with van der Waals surface area (Å²) in [6.07, 6.45) is 1.94. The van der Waals surface area contributed by atoms with Gasteiger partial charge in [-0.1, -0.05) is 12.1 Å². The van der Waals surface area contributed by atoms with E-state index in [4.69, 9.17) is 4.84 Å². The summed E-state index contributed by atoms with van der Waals surface area (Å²) in [7, 11) is 1.61. The molecule has 0 saturated heterocycles. The number of rotatable bonds is 3. The van der Waals surface area contributed by atoms with Crippen molar-refractivity contribution in [1.29, 1.82) is 0 Å². The fourth-order valence-electron chi connectivity index (χ4n) is 1.40. The molecule has 0 aliphatic rings. The van der Waals surface area contributed by atoms with E-state index < -0.39 is 0 Å². The van der Waals surface area contributed by atoms with E-state index in [0.717, 1.165) is 9.99 Å². The Hall–Kier alpha value is -0.840. The number of halogens is 1. The Bertz CT molecular complexity index is 439. The Labute approximate surface area is 90.5 Å². The van der Waals surface area contributed by atoms with Crippen LogP contribution >= 0.6 is 15.9 Å². The van der Waals surface area contributed by atoms with Crippen LogP contribution in [-0.2, 0) is 11.4 Å². The van der Waals surface area contributed by atoms with Gasteiger partial charge >= 0.3 is 0 Å². The molecule has 3 nitrogen and oxygen atoms in total. The van der Waals surface area contributed by atoms with Gasteiger partial charge in [0.15, 0.2) is 0 Å². The minimum absolute atomic E-state index is 0.711. The number of hydrogen-bond donors (Lipinski definition) is 2. The predicted octanol–water partition coefficient (Wildman–Crippen LogP) is 2.58. The van der Waals surface area contributed by atoms with Gasteiger partial charge < -0.3 is 9.82 Å². The van der Waals surface area contributed by atoms with Gasteiger partial charge in [0.1, 0.15) is 0 Å². The van der Waals surface area contributed by atoms with E-state index in [2.05, 4.69) is 44.6 Å². The zero-order valence-electron chi connectivity index (χ0n) is 7.80. The van der Waals surface area contributed by atoms with Crippen LogP contribution in [0.4, 0.5) is 0 Å². The van der Waals surface area contributed by atoms with Crippen LogP contribution in [0.2, 0.25) is 0 Å². The van der Waals surface area contributed by atoms with E-state index in [-0.39, 0.29) is 0 Å². The second-order valence-electron chi connectivity index (χ2n) is 3.04. The molecule has 1 aromatic heterocycles. The Balaban J connectivity index is 2.32. The lowest BCUT2D eigenvalue weighted by molar-refractivity contribution is 0.0867. The fourth-order valence-corrected chi connectivity index (χ4v) is 1.86. The summed E-state index contributed by atoms with van der Waals surface area (Å²) in [5, 5.41) is 1.20. The van der Waals surface area contributed by atoms with Crippen LogP contribution < -0.4 is 5.48 Å². The molecule has 0 saturated carbocycles. The van der Waals surface area contributed by atoms with Gasteiger partial charge in [0.2, 0.25) is 0 Å². The molecule has 0 fully saturated rings. The molecule has 4 heteroatoms. The number of fused-ring (bicyclic) bond motifs is 1. The van der Waals surface area contributed by atoms with Crippen molar-refractivity contribution in [3.05, 3.63) is 34.4 Å². The SMILES string of the molecule is CONCc1ccc2c(Br)c[nH]c2c1. The van der Waals surface area contributed by atoms with Crippen molar-refractivity contribution < 1.29 is 4.84 Å². The van der Waals surface area contributed by atoms with E-state index >= 15 is 0 Å². The van der Waals surface area contributed by atoms with Crippen LogP contribution in [0.3, 0.4) is 0 Å². The maximum Gasteiger partial charge on any atom is 0.0572 e. The van der Waals surface area contributed by atoms with E-state index in [1.165, 1.54) is 10.9 Å². The molecule has 1 aromatic carbocycles. The molecular formula is C10H11BrN2O. The zero-order chi connectivity index (χ0) is 9.97. The lowest BCUT2D eigenvalue weighted by Gasteiger charge is -2.01. The molecule has 2 aromatic rings. The van der Waals surface area contributed by atoms with Crippen molar-refractivity contribution >= 4 is 26.8 Å². The van der Waals surface area contributed by atoms with Gasteiger partial charge in [0.25, 0.3) is 0 Å². The van der Waals surface area contributed by atoms with Crippen LogP contribution in [0, 0.1) is 0 Å². The lowest BCUT2D eigenvalue weighted by Crippen LogP contribution is -2.10. The first-order valence-corrected chi connectivity index (χ1v) is 5.12. The third-order valence-electron chi connectivity index (χ3n) is 2.12. The maximum atomic E-state index is 4.79. The van der Waals surface area contributed by atoms with Gasteiger partial charge in [-0.2, -0.15) is 5.48 Å². The molecule has 74 valence electrons. The largest absolute Gasteiger partial charge is 0.360 e. The Morgan fingerprint density at radius 1 is 1.50 bits per heavy atom. The number of aromatic nitrogens is 1. The first kappa shape index (κ1) is 9.71. The molecule has 0 unspecified atom stereocenters. The Morgan fingerprint density at radius 2 is 2.36 bits per heavy atom. The highest BCUT2D eigenvalue weighted by molar-refractivity contribution is 9.10. The molecule has 2 N–H and O–H groups in total. The molecule has 0 aliphatic heterocycles. The molecule has 0 radical (unpaired) electrons. The maximum absolute atomic E-state index is 4.79. The lowest BCUT2D eigenvalue weighted by atomic mass is 10.2. The van der Waals surface area contributed by atoms with E-state index in [0.29, 0.717) is 6.54 Å². The third kappa shape index (κ3) is 1.82. The molecule has 2 rings (SSSR count). The standard InChI is InChI=1S/C10H11BrN2O/c1-14-13-5-7-2-3-8-9(11)6-12-10(8)4-7/h2-4,6,12-13H,5H2,1H3. The van der Waals surface area contributed by atoms with Crippen molar-refractivity contribution in [1.82, 2.24) is 10.5 Å². The summed E-state index contributed by atoms with van der Waals surface area (Å²) >= 11 is 3.47. The number of H-pyrrole nitrogens is 1. The summed E-state index contributed by atoms with van der Waals surface area (Å²) in [5.41, 5.74) is 5.13. The van der Waals surface area contributed by atoms with E-state index in [9.17, 15) is 0 Å². The second kappa shape index (κ2) is 4.13. The average molecular weight is 255 g/mol. The first-order chi connectivity index (χ1) is 6.81. The summed E-state index contributed by atoms with van der Waals surface area (Å²) in [5.74, 6) is 0. The number of aromatic amines is 1. The van der Waals surface area contributed by atoms with Crippen LogP contribution in [0.1, 0.15) is 5.56 Å². The highest BCUT2D eigenvalue weighted by Gasteiger charge is 2.01. The summed E-state index contributed by atoms with van der Waals surface area (Å²) < 4.78 is 1.10. The summed E-state index contributed by atoms with van der Waals surface area (Å²) in [4.78, 5) is 7.98. The van der Waals surface area contributed by atoms with Gasteiger partial charge in [-0.05, 0) is 27.6 Å². The molecule has 1 heterocycles. The fraction of sp³-hybridized carbons (Fsp3) is 0.200. The number of hydroxylamine groups is 1. The minimum Gasteiger partial charge on any atom is -0.360 e. The van der Waals surface area contributed by atoms with Gasteiger partial charge in [0, 0.05) is 28.1 Å². The summed E-state index contributed by atoms with van der Waals surface area (Å²) in [6, 6.07) is 6.27. The quantitative estimate of drug-likeness (QED) is 0.827. The van der Waals surface area contributed by atoms with Gasteiger partial charge in [0.05, 0.1) is 7.11 Å².